The molecule has 2 fully saturated rings. The van der Waals surface area contributed by atoms with Gasteiger partial charge in [0.2, 0.25) is 0 Å². The molecular weight excluding hydrogens is 254 g/mol. The molecular formula is C15H28N3O2+. The zero-order valence-electron chi connectivity index (χ0n) is 12.5. The number of carbonyl (C=O) groups is 2. The molecule has 0 spiro atoms. The van der Waals surface area contributed by atoms with Crippen LogP contribution in [0.2, 0.25) is 0 Å². The van der Waals surface area contributed by atoms with Gasteiger partial charge < -0.3 is 10.2 Å². The van der Waals surface area contributed by atoms with Crippen molar-refractivity contribution in [3.05, 3.63) is 0 Å². The van der Waals surface area contributed by atoms with E-state index in [2.05, 4.69) is 10.6 Å². The normalized spacial score (nSPS) is 23.1. The lowest BCUT2D eigenvalue weighted by Gasteiger charge is -2.23. The van der Waals surface area contributed by atoms with Gasteiger partial charge in [-0.2, -0.15) is 0 Å². The van der Waals surface area contributed by atoms with Gasteiger partial charge in [-0.15, -0.1) is 0 Å². The van der Waals surface area contributed by atoms with Crippen molar-refractivity contribution in [3.63, 3.8) is 0 Å². The molecule has 0 aromatic rings. The van der Waals surface area contributed by atoms with Gasteiger partial charge in [0.25, 0.3) is 5.91 Å². The summed E-state index contributed by atoms with van der Waals surface area (Å²) in [7, 11) is 0. The Hall–Kier alpha value is -1.10. The van der Waals surface area contributed by atoms with Gasteiger partial charge in [-0.1, -0.05) is 12.8 Å². The van der Waals surface area contributed by atoms with Crippen LogP contribution in [0.3, 0.4) is 0 Å². The fourth-order valence-corrected chi connectivity index (χ4v) is 3.31. The van der Waals surface area contributed by atoms with Crippen molar-refractivity contribution in [2.45, 2.75) is 70.4 Å². The van der Waals surface area contributed by atoms with Crippen LogP contribution in [0.4, 0.5) is 4.79 Å². The first-order valence-electron chi connectivity index (χ1n) is 8.13. The van der Waals surface area contributed by atoms with Crippen LogP contribution in [0.15, 0.2) is 0 Å². The second kappa shape index (κ2) is 7.62. The number of amides is 3. The van der Waals surface area contributed by atoms with Gasteiger partial charge in [-0.05, 0) is 45.4 Å². The number of urea groups is 1. The highest BCUT2D eigenvalue weighted by molar-refractivity contribution is 5.96. The lowest BCUT2D eigenvalue weighted by atomic mass is 10.2. The van der Waals surface area contributed by atoms with E-state index >= 15 is 0 Å². The van der Waals surface area contributed by atoms with E-state index in [4.69, 9.17) is 0 Å². The van der Waals surface area contributed by atoms with Gasteiger partial charge in [0.05, 0.1) is 13.1 Å². The number of likely N-dealkylation sites (tertiary alicyclic amines) is 1. The maximum Gasteiger partial charge on any atom is 0.321 e. The van der Waals surface area contributed by atoms with Crippen LogP contribution in [0.1, 0.15) is 58.3 Å². The predicted octanol–water partition coefficient (Wildman–Crippen LogP) is 0.602. The molecule has 2 aliphatic rings. The van der Waals surface area contributed by atoms with E-state index in [1.54, 1.807) is 0 Å². The summed E-state index contributed by atoms with van der Waals surface area (Å²) in [5.41, 5.74) is 0. The van der Waals surface area contributed by atoms with Crippen LogP contribution in [0.5, 0.6) is 0 Å². The Morgan fingerprint density at radius 3 is 2.20 bits per heavy atom. The Labute approximate surface area is 121 Å². The van der Waals surface area contributed by atoms with E-state index in [9.17, 15) is 9.59 Å². The van der Waals surface area contributed by atoms with Crippen molar-refractivity contribution >= 4 is 11.9 Å². The number of carbonyl (C=O) groups excluding carboxylic acids is 2. The molecule has 0 aromatic heterocycles. The predicted molar refractivity (Wildman–Crippen MR) is 77.6 cm³/mol. The highest BCUT2D eigenvalue weighted by Crippen LogP contribution is 2.17. The van der Waals surface area contributed by atoms with Gasteiger partial charge >= 0.3 is 6.03 Å². The number of imide groups is 1. The van der Waals surface area contributed by atoms with Crippen molar-refractivity contribution in [1.29, 1.82) is 0 Å². The Morgan fingerprint density at radius 1 is 1.00 bits per heavy atom. The summed E-state index contributed by atoms with van der Waals surface area (Å²) in [6.45, 7) is 4.01. The molecule has 5 nitrogen and oxygen atoms in total. The third kappa shape index (κ3) is 4.47. The Kier molecular flexibility index (Phi) is 5.83. The number of hydrogen-bond acceptors (Lipinski definition) is 2. The van der Waals surface area contributed by atoms with E-state index in [-0.39, 0.29) is 24.0 Å². The van der Waals surface area contributed by atoms with Crippen LogP contribution >= 0.6 is 0 Å². The minimum atomic E-state index is -0.317. The Balaban J connectivity index is 1.75. The molecule has 3 amide bonds. The third-order valence-electron chi connectivity index (χ3n) is 4.68. The molecule has 1 saturated heterocycles. The van der Waals surface area contributed by atoms with E-state index in [1.807, 2.05) is 6.92 Å². The number of hydrogen-bond donors (Lipinski definition) is 3. The van der Waals surface area contributed by atoms with E-state index in [1.165, 1.54) is 43.4 Å². The lowest BCUT2D eigenvalue weighted by molar-refractivity contribution is -0.913. The molecule has 20 heavy (non-hydrogen) atoms. The molecule has 1 heterocycles. The molecule has 1 aliphatic heterocycles. The quantitative estimate of drug-likeness (QED) is 0.710. The van der Waals surface area contributed by atoms with Crippen LogP contribution in [0.25, 0.3) is 0 Å². The van der Waals surface area contributed by atoms with Crippen LogP contribution < -0.4 is 15.5 Å². The van der Waals surface area contributed by atoms with Crippen molar-refractivity contribution in [2.75, 3.05) is 13.1 Å². The minimum absolute atomic E-state index is 0.137. The first-order chi connectivity index (χ1) is 9.66. The van der Waals surface area contributed by atoms with Gasteiger partial charge in [0, 0.05) is 6.04 Å². The molecule has 114 valence electrons. The summed E-state index contributed by atoms with van der Waals surface area (Å²) in [6, 6.07) is -0.200. The average Bonchev–Trinajstić information content (AvgIpc) is 2.77. The van der Waals surface area contributed by atoms with E-state index in [0.717, 1.165) is 25.9 Å². The summed E-state index contributed by atoms with van der Waals surface area (Å²) in [5.74, 6) is -0.141. The van der Waals surface area contributed by atoms with Gasteiger partial charge in [0.15, 0.2) is 6.04 Å². The van der Waals surface area contributed by atoms with Crippen molar-refractivity contribution in [3.8, 4) is 0 Å². The zero-order valence-corrected chi connectivity index (χ0v) is 12.5. The standard InChI is InChI=1S/C15H27N3O2/c1-12(18-10-6-2-3-7-11-18)14(19)17-15(20)16-13-8-4-5-9-13/h12-13H,2-11H2,1H3,(H2,16,17,19,20)/p+1/t12-/m0/s1. The molecule has 1 saturated carbocycles. The molecule has 5 heteroatoms. The third-order valence-corrected chi connectivity index (χ3v) is 4.68. The fourth-order valence-electron chi connectivity index (χ4n) is 3.31. The van der Waals surface area contributed by atoms with Crippen LogP contribution in [-0.2, 0) is 4.79 Å². The maximum absolute atomic E-state index is 12.1. The molecule has 1 atom stereocenters. The minimum Gasteiger partial charge on any atom is -0.335 e. The largest absolute Gasteiger partial charge is 0.335 e. The second-order valence-corrected chi connectivity index (χ2v) is 6.24. The van der Waals surface area contributed by atoms with Gasteiger partial charge in [0.1, 0.15) is 0 Å². The summed E-state index contributed by atoms with van der Waals surface area (Å²) in [4.78, 5) is 25.3. The fraction of sp³-hybridized carbons (Fsp3) is 0.867. The van der Waals surface area contributed by atoms with Gasteiger partial charge in [-0.3, -0.25) is 10.1 Å². The summed E-state index contributed by atoms with van der Waals surface area (Å²) < 4.78 is 0. The SMILES string of the molecule is C[C@@H](C(=O)NC(=O)NC1CCCC1)[NH+]1CCCCCC1. The van der Waals surface area contributed by atoms with Crippen LogP contribution in [-0.4, -0.2) is 37.1 Å². The van der Waals surface area contributed by atoms with Gasteiger partial charge in [-0.25, -0.2) is 4.79 Å². The lowest BCUT2D eigenvalue weighted by Crippen LogP contribution is -3.16. The average molecular weight is 282 g/mol. The maximum atomic E-state index is 12.1. The molecule has 0 radical (unpaired) electrons. The van der Waals surface area contributed by atoms with E-state index < -0.39 is 0 Å². The number of rotatable bonds is 3. The van der Waals surface area contributed by atoms with Crippen molar-refractivity contribution in [1.82, 2.24) is 10.6 Å². The smallest absolute Gasteiger partial charge is 0.321 e. The topological polar surface area (TPSA) is 62.6 Å². The summed E-state index contributed by atoms with van der Waals surface area (Å²) >= 11 is 0. The first kappa shape index (κ1) is 15.3. The summed E-state index contributed by atoms with van der Waals surface area (Å²) in [6.07, 6.45) is 9.31. The first-order valence-corrected chi connectivity index (χ1v) is 8.13. The van der Waals surface area contributed by atoms with Crippen molar-refractivity contribution < 1.29 is 14.5 Å². The molecule has 1 aliphatic carbocycles. The number of nitrogens with one attached hydrogen (secondary N) is 3. The van der Waals surface area contributed by atoms with Crippen LogP contribution in [0, 0.1) is 0 Å². The highest BCUT2D eigenvalue weighted by atomic mass is 16.2. The molecule has 2 rings (SSSR count). The molecule has 0 bridgehead atoms. The van der Waals surface area contributed by atoms with E-state index in [0.29, 0.717) is 0 Å². The zero-order chi connectivity index (χ0) is 14.4. The van der Waals surface area contributed by atoms with Crippen molar-refractivity contribution in [2.24, 2.45) is 0 Å². The monoisotopic (exact) mass is 282 g/mol. The number of quaternary nitrogens is 1. The molecule has 0 aromatic carbocycles. The molecule has 3 N–H and O–H groups in total. The highest BCUT2D eigenvalue weighted by Gasteiger charge is 2.27. The Morgan fingerprint density at radius 2 is 1.60 bits per heavy atom. The Bertz CT molecular complexity index is 332. The second-order valence-electron chi connectivity index (χ2n) is 6.24. The summed E-state index contributed by atoms with van der Waals surface area (Å²) in [5, 5.41) is 5.41. The molecule has 0 unspecified atom stereocenters.